The molecule has 1 amide bonds. The van der Waals surface area contributed by atoms with Gasteiger partial charge in [-0.2, -0.15) is 0 Å². The van der Waals surface area contributed by atoms with E-state index in [2.05, 4.69) is 18.7 Å². The topological polar surface area (TPSA) is 43.8 Å². The van der Waals surface area contributed by atoms with Crippen molar-refractivity contribution in [2.45, 2.75) is 51.7 Å². The zero-order chi connectivity index (χ0) is 13.1. The summed E-state index contributed by atoms with van der Waals surface area (Å²) >= 11 is 0. The average Bonchev–Trinajstić information content (AvgIpc) is 2.77. The van der Waals surface area contributed by atoms with Crippen LogP contribution < -0.4 is 0 Å². The number of hydrogen-bond acceptors (Lipinski definition) is 3. The molecule has 2 fully saturated rings. The summed E-state index contributed by atoms with van der Waals surface area (Å²) in [5, 5.41) is 9.57. The minimum atomic E-state index is -0.317. The molecule has 2 atom stereocenters. The minimum Gasteiger partial charge on any atom is -0.391 e. The van der Waals surface area contributed by atoms with Gasteiger partial charge in [0.2, 0.25) is 5.91 Å². The van der Waals surface area contributed by atoms with Crippen LogP contribution in [0.15, 0.2) is 0 Å². The van der Waals surface area contributed by atoms with Crippen molar-refractivity contribution in [3.05, 3.63) is 0 Å². The van der Waals surface area contributed by atoms with Gasteiger partial charge >= 0.3 is 0 Å². The van der Waals surface area contributed by atoms with Crippen molar-refractivity contribution in [1.29, 1.82) is 0 Å². The van der Waals surface area contributed by atoms with Crippen molar-refractivity contribution in [1.82, 2.24) is 9.80 Å². The van der Waals surface area contributed by atoms with Crippen molar-refractivity contribution in [3.63, 3.8) is 0 Å². The smallest absolute Gasteiger partial charge is 0.240 e. The van der Waals surface area contributed by atoms with E-state index >= 15 is 0 Å². The van der Waals surface area contributed by atoms with E-state index in [4.69, 9.17) is 0 Å². The fraction of sp³-hybridized carbons (Fsp3) is 0.929. The second-order valence-electron chi connectivity index (χ2n) is 6.01. The lowest BCUT2D eigenvalue weighted by molar-refractivity contribution is -0.138. The summed E-state index contributed by atoms with van der Waals surface area (Å²) < 4.78 is 0. The van der Waals surface area contributed by atoms with Crippen LogP contribution in [0.25, 0.3) is 0 Å². The van der Waals surface area contributed by atoms with Gasteiger partial charge < -0.3 is 10.0 Å². The Balaban J connectivity index is 2.02. The summed E-state index contributed by atoms with van der Waals surface area (Å²) in [7, 11) is 0. The molecule has 18 heavy (non-hydrogen) atoms. The molecule has 0 aliphatic carbocycles. The summed E-state index contributed by atoms with van der Waals surface area (Å²) in [6.45, 7) is 7.59. The molecule has 1 unspecified atom stereocenters. The summed E-state index contributed by atoms with van der Waals surface area (Å²) in [6, 6.07) is 0.00981. The number of likely N-dealkylation sites (tertiary alicyclic amines) is 2. The molecular formula is C14H26N2O2. The quantitative estimate of drug-likeness (QED) is 0.820. The van der Waals surface area contributed by atoms with Gasteiger partial charge in [-0.05, 0) is 38.3 Å². The third-order valence-electron chi connectivity index (χ3n) is 4.14. The van der Waals surface area contributed by atoms with Crippen molar-refractivity contribution in [3.8, 4) is 0 Å². The fourth-order valence-electron chi connectivity index (χ4n) is 3.19. The largest absolute Gasteiger partial charge is 0.391 e. The Morgan fingerprint density at radius 2 is 1.83 bits per heavy atom. The lowest BCUT2D eigenvalue weighted by atomic mass is 9.98. The molecular weight excluding hydrogens is 228 g/mol. The Labute approximate surface area is 110 Å². The predicted octanol–water partition coefficient (Wildman–Crippen LogP) is 1.09. The van der Waals surface area contributed by atoms with Crippen molar-refractivity contribution in [2.24, 2.45) is 5.92 Å². The number of amides is 1. The second-order valence-corrected chi connectivity index (χ2v) is 6.01. The maximum Gasteiger partial charge on any atom is 0.240 e. The number of carbonyl (C=O) groups excluding carboxylic acids is 1. The highest BCUT2D eigenvalue weighted by Crippen LogP contribution is 2.21. The van der Waals surface area contributed by atoms with Crippen LogP contribution in [0.4, 0.5) is 0 Å². The van der Waals surface area contributed by atoms with Crippen LogP contribution in [0.2, 0.25) is 0 Å². The van der Waals surface area contributed by atoms with Crippen molar-refractivity contribution >= 4 is 5.91 Å². The molecule has 4 nitrogen and oxygen atoms in total. The molecule has 0 aromatic rings. The van der Waals surface area contributed by atoms with Crippen LogP contribution in [0.3, 0.4) is 0 Å². The van der Waals surface area contributed by atoms with E-state index in [1.165, 1.54) is 19.3 Å². The molecule has 2 heterocycles. The van der Waals surface area contributed by atoms with E-state index in [1.54, 1.807) is 0 Å². The third kappa shape index (κ3) is 3.04. The zero-order valence-corrected chi connectivity index (χ0v) is 11.6. The maximum atomic E-state index is 12.6. The molecule has 104 valence electrons. The van der Waals surface area contributed by atoms with Gasteiger partial charge in [0.15, 0.2) is 0 Å². The lowest BCUT2D eigenvalue weighted by Gasteiger charge is -2.37. The first kappa shape index (κ1) is 13.8. The Hall–Kier alpha value is -0.610. The normalized spacial score (nSPS) is 27.8. The first-order valence-electron chi connectivity index (χ1n) is 7.30. The van der Waals surface area contributed by atoms with Gasteiger partial charge in [-0.1, -0.05) is 20.3 Å². The predicted molar refractivity (Wildman–Crippen MR) is 71.3 cm³/mol. The van der Waals surface area contributed by atoms with Crippen LogP contribution in [0, 0.1) is 5.92 Å². The van der Waals surface area contributed by atoms with Crippen LogP contribution in [-0.4, -0.2) is 59.1 Å². The molecule has 1 N–H and O–H groups in total. The first-order valence-corrected chi connectivity index (χ1v) is 7.30. The first-order chi connectivity index (χ1) is 8.59. The number of nitrogens with zero attached hydrogens (tertiary/aromatic N) is 2. The molecule has 0 aromatic heterocycles. The molecule has 4 heteroatoms. The standard InChI is InChI=1S/C14H26N2O2/c1-11(2)13(15-7-4-3-5-8-15)14(18)16-9-6-12(17)10-16/h11-13,17H,3-10H2,1-2H3/t12-,13?/m1/s1. The number of aliphatic hydroxyl groups excluding tert-OH is 1. The molecule has 0 aromatic carbocycles. The summed E-state index contributed by atoms with van der Waals surface area (Å²) in [4.78, 5) is 16.8. The van der Waals surface area contributed by atoms with Crippen LogP contribution >= 0.6 is 0 Å². The molecule has 2 aliphatic rings. The Bertz CT molecular complexity index is 288. The monoisotopic (exact) mass is 254 g/mol. The summed E-state index contributed by atoms with van der Waals surface area (Å²) in [5.41, 5.74) is 0. The van der Waals surface area contributed by atoms with E-state index in [0.717, 1.165) is 26.1 Å². The van der Waals surface area contributed by atoms with Crippen molar-refractivity contribution in [2.75, 3.05) is 26.2 Å². The highest BCUT2D eigenvalue weighted by atomic mass is 16.3. The SMILES string of the molecule is CC(C)C(C(=O)N1CC[C@@H](O)C1)N1CCCCC1. The van der Waals surface area contributed by atoms with Gasteiger partial charge in [0.1, 0.15) is 0 Å². The van der Waals surface area contributed by atoms with E-state index in [9.17, 15) is 9.90 Å². The van der Waals surface area contributed by atoms with Gasteiger partial charge in [0, 0.05) is 13.1 Å². The Morgan fingerprint density at radius 1 is 1.17 bits per heavy atom. The highest BCUT2D eigenvalue weighted by molar-refractivity contribution is 5.82. The molecule has 2 aliphatic heterocycles. The average molecular weight is 254 g/mol. The Morgan fingerprint density at radius 3 is 2.33 bits per heavy atom. The Kier molecular flexibility index (Phi) is 4.62. The number of hydrogen-bond donors (Lipinski definition) is 1. The molecule has 0 spiro atoms. The summed E-state index contributed by atoms with van der Waals surface area (Å²) in [5.74, 6) is 0.566. The second kappa shape index (κ2) is 6.02. The van der Waals surface area contributed by atoms with Gasteiger partial charge in [-0.15, -0.1) is 0 Å². The van der Waals surface area contributed by atoms with Crippen LogP contribution in [0.5, 0.6) is 0 Å². The maximum absolute atomic E-state index is 12.6. The minimum absolute atomic E-state index is 0.00981. The fourth-order valence-corrected chi connectivity index (χ4v) is 3.19. The van der Waals surface area contributed by atoms with Crippen LogP contribution in [-0.2, 0) is 4.79 Å². The van der Waals surface area contributed by atoms with E-state index < -0.39 is 0 Å². The zero-order valence-electron chi connectivity index (χ0n) is 11.6. The molecule has 2 rings (SSSR count). The van der Waals surface area contributed by atoms with Crippen molar-refractivity contribution < 1.29 is 9.90 Å². The van der Waals surface area contributed by atoms with E-state index in [1.807, 2.05) is 4.90 Å². The van der Waals surface area contributed by atoms with Gasteiger partial charge in [-0.3, -0.25) is 9.69 Å². The molecule has 0 radical (unpaired) electrons. The lowest BCUT2D eigenvalue weighted by Crippen LogP contribution is -2.52. The number of piperidine rings is 1. The third-order valence-corrected chi connectivity index (χ3v) is 4.14. The summed E-state index contributed by atoms with van der Waals surface area (Å²) in [6.07, 6.45) is 4.12. The van der Waals surface area contributed by atoms with Crippen LogP contribution in [0.1, 0.15) is 39.5 Å². The number of aliphatic hydroxyl groups is 1. The molecule has 0 saturated carbocycles. The van der Waals surface area contributed by atoms with Gasteiger partial charge in [0.25, 0.3) is 0 Å². The number of carbonyl (C=O) groups is 1. The highest BCUT2D eigenvalue weighted by Gasteiger charge is 2.35. The van der Waals surface area contributed by atoms with Gasteiger partial charge in [-0.25, -0.2) is 0 Å². The van der Waals surface area contributed by atoms with E-state index in [0.29, 0.717) is 12.5 Å². The number of rotatable bonds is 3. The number of β-amino-alcohol motifs (C(OH)–C–C–N with tert-alkyl or cyclic N) is 1. The van der Waals surface area contributed by atoms with Gasteiger partial charge in [0.05, 0.1) is 12.1 Å². The molecule has 2 saturated heterocycles. The molecule has 0 bridgehead atoms. The van der Waals surface area contributed by atoms with E-state index in [-0.39, 0.29) is 18.1 Å².